The van der Waals surface area contributed by atoms with Crippen molar-refractivity contribution in [2.45, 2.75) is 161 Å². The number of aliphatic hydroxyl groups is 2. The predicted octanol–water partition coefficient (Wildman–Crippen LogP) is 11.9. The number of fused-ring (bicyclic) bond motifs is 16. The summed E-state index contributed by atoms with van der Waals surface area (Å²) in [6.45, 7) is -6.75. The topological polar surface area (TPSA) is 428 Å². The summed E-state index contributed by atoms with van der Waals surface area (Å²) in [5, 5.41) is 44.8. The summed E-state index contributed by atoms with van der Waals surface area (Å²) in [5.74, 6) is -0.526. The molecule has 8 aliphatic heterocycles. The van der Waals surface area contributed by atoms with E-state index in [0.717, 1.165) is 0 Å². The highest BCUT2D eigenvalue weighted by Gasteiger charge is 2.56. The third kappa shape index (κ3) is 18.2. The van der Waals surface area contributed by atoms with E-state index in [1.54, 1.807) is 12.1 Å². The zero-order chi connectivity index (χ0) is 82.0. The lowest BCUT2D eigenvalue weighted by Crippen LogP contribution is -2.37. The van der Waals surface area contributed by atoms with Crippen molar-refractivity contribution in [2.75, 3.05) is 53.1 Å². The van der Waals surface area contributed by atoms with Crippen molar-refractivity contribution in [3.8, 4) is 0 Å². The van der Waals surface area contributed by atoms with Crippen LogP contribution in [0.25, 0.3) is 44.7 Å². The number of aliphatic hydroxyl groups excluding tert-OH is 2. The molecule has 47 heteroatoms. The summed E-state index contributed by atoms with van der Waals surface area (Å²) in [6, 6.07) is 11.6. The molecule has 0 saturated carbocycles. The van der Waals surface area contributed by atoms with Crippen LogP contribution < -0.4 is 0 Å². The largest absolute Gasteiger partial charge is 0.394 e. The Hall–Kier alpha value is -7.60. The SMILES string of the molecule is CP(C)C.CP1(=S)OC[C@H]2O[C@@H]3[C@H](F)[C@@H]2OP(=O)(SCc2ccccc2[N+](=O)[O-])OC[C@H]2O[C@H]([C@H](F)[C@@H]2O1)n1cnc2c(ncnc21)CC/C=C/CCc1ncnc2c1ncn23.O=[N+]([O-])c1ccccc1CSP1(=O)OC[C@H]2O[C@H]([C@H](F)[C@@H]2O)n2cnc3c(ncnc32)CC/C=C/CCc2ncnc3c2ncn3[C@@H]2O[C@H](CO)[C@@H](O1)[C@H]2F. The maximum atomic E-state index is 17.0. The van der Waals surface area contributed by atoms with Gasteiger partial charge < -0.3 is 38.2 Å². The molecule has 0 aliphatic carbocycles. The Labute approximate surface area is 677 Å². The number of aromatic nitrogens is 16. The molecule has 0 radical (unpaired) electrons. The maximum absolute atomic E-state index is 17.0. The first-order chi connectivity index (χ1) is 56.4. The van der Waals surface area contributed by atoms with Gasteiger partial charge in [-0.2, -0.15) is 0 Å². The molecule has 0 amide bonds. The number of imidazole rings is 4. The molecule has 2 N–H and O–H groups in total. The zero-order valence-corrected chi connectivity index (χ0v) is 68.7. The number of rotatable bonds is 9. The summed E-state index contributed by atoms with van der Waals surface area (Å²) >= 11 is 6.88. The molecule has 26 bridgehead atoms. The van der Waals surface area contributed by atoms with Gasteiger partial charge in [0, 0.05) is 41.4 Å². The molecular weight excluding hydrogens is 1680 g/mol. The van der Waals surface area contributed by atoms with Gasteiger partial charge in [0.2, 0.25) is 0 Å². The molecule has 36 nitrogen and oxygen atoms in total. The number of nitro groups is 2. The fraction of sp³-hybridized carbons (Fsp3) is 0.486. The van der Waals surface area contributed by atoms with Gasteiger partial charge in [0.05, 0.1) is 84.4 Å². The molecule has 8 aromatic heterocycles. The number of aryl methyl sites for hydroxylation is 4. The number of halogens is 4. The van der Waals surface area contributed by atoms with Crippen molar-refractivity contribution in [1.29, 1.82) is 0 Å². The number of alkyl halides is 4. The van der Waals surface area contributed by atoms with Crippen molar-refractivity contribution in [3.05, 3.63) is 178 Å². The third-order valence-corrected chi connectivity index (χ3v) is 28.9. The Morgan fingerprint density at radius 2 is 0.829 bits per heavy atom. The minimum atomic E-state index is -4.61. The van der Waals surface area contributed by atoms with Crippen LogP contribution >= 0.6 is 50.8 Å². The van der Waals surface area contributed by atoms with E-state index in [1.165, 1.54) is 112 Å². The van der Waals surface area contributed by atoms with Crippen LogP contribution in [-0.4, -0.2) is 225 Å². The summed E-state index contributed by atoms with van der Waals surface area (Å²) < 4.78 is 162. The number of para-hydroxylation sites is 2. The first kappa shape index (κ1) is 84.4. The highest BCUT2D eigenvalue weighted by molar-refractivity contribution is 8.55. The van der Waals surface area contributed by atoms with Crippen LogP contribution in [0, 0.1) is 20.2 Å². The number of hydrogen-bond acceptors (Lipinski definition) is 33. The van der Waals surface area contributed by atoms with Crippen LogP contribution in [0.15, 0.2) is 123 Å². The molecule has 5 fully saturated rings. The average molecular weight is 1760 g/mol. The Morgan fingerprint density at radius 1 is 0.496 bits per heavy atom. The molecule has 18 rings (SSSR count). The quantitative estimate of drug-likeness (QED) is 0.0445. The maximum Gasteiger partial charge on any atom is 0.390 e. The number of ether oxygens (including phenoxy) is 4. The lowest BCUT2D eigenvalue weighted by Gasteiger charge is -2.31. The molecule has 8 aliphatic rings. The minimum absolute atomic E-state index is 0.158. The van der Waals surface area contributed by atoms with Gasteiger partial charge in [-0.15, -0.1) is 7.92 Å². The van der Waals surface area contributed by atoms with E-state index in [0.29, 0.717) is 138 Å². The van der Waals surface area contributed by atoms with Gasteiger partial charge in [-0.05, 0) is 106 Å². The number of hydrogen-bond donors (Lipinski definition) is 2. The second kappa shape index (κ2) is 36.4. The van der Waals surface area contributed by atoms with Gasteiger partial charge in [-0.3, -0.25) is 56.6 Å². The van der Waals surface area contributed by atoms with E-state index in [2.05, 4.69) is 79.8 Å². The molecule has 2 aromatic carbocycles. The van der Waals surface area contributed by atoms with E-state index >= 15 is 17.6 Å². The lowest BCUT2D eigenvalue weighted by molar-refractivity contribution is -0.385. The van der Waals surface area contributed by atoms with E-state index in [9.17, 15) is 39.6 Å². The first-order valence-electron chi connectivity index (χ1n) is 36.9. The number of benzene rings is 2. The standard InChI is InChI=1S/C34H35F2N9O9P2S2.C33H34F2N9O9PS.C3H9P/c1-55(57)49-12-23-30-26(36)34(51-23)44-18-42-28-21(38-16-40-32(28)44)10-5-3-2-4-9-20-27-31(39-15-37-20)43(17-41-27)33-25(35)29(53-55)24(52-33)13-50-56(48,54-30)58-14-19-8-6-7-11-22(19)45(46)47;34-24-28(46)23-12-50-54(49,55-13-18-7-5-6-10-21(18)44(47)48)53-29-22(11-45)51-33(25(29)35)43-17-41-27-20(37-15-39-31(27)43)9-4-2-1-3-8-19-26-30(38-14-36-19)42(16-40-26)32(24)52-23;1-4(2)3/h2-3,6-8,11,15-18,23-26,29-30,33-34H,4-5,9-10,12-14H2,1H3;1-2,5-7,10,14-17,22-25,28-29,32-33,45-46H,3-4,8-9,11-13H2;1-3H3/b3-2+;2-1+;/t23-,24-,25-,26-,29-,30-,33-,34-,55?,56?;22-,23-,24-,25-,28-,29-,32-,33-,54?;/m11./s1. The van der Waals surface area contributed by atoms with Crippen molar-refractivity contribution in [2.24, 2.45) is 0 Å². The van der Waals surface area contributed by atoms with Gasteiger partial charge in [-0.1, -0.05) is 60.7 Å². The fourth-order valence-corrected chi connectivity index (χ4v) is 22.7. The predicted molar refractivity (Wildman–Crippen MR) is 423 cm³/mol. The third-order valence-electron chi connectivity index (χ3n) is 19.8. The zero-order valence-electron chi connectivity index (χ0n) is 62.7. The summed E-state index contributed by atoms with van der Waals surface area (Å²) in [4.78, 5) is 75.3. The normalized spacial score (nSPS) is 31.5. The van der Waals surface area contributed by atoms with Crippen molar-refractivity contribution in [3.63, 3.8) is 0 Å². The highest BCUT2D eigenvalue weighted by Crippen LogP contribution is 2.67. The van der Waals surface area contributed by atoms with Crippen LogP contribution in [0.5, 0.6) is 0 Å². The fourth-order valence-electron chi connectivity index (χ4n) is 14.2. The van der Waals surface area contributed by atoms with E-state index < -0.39 is 155 Å². The Kier molecular flexibility index (Phi) is 26.2. The molecule has 16 heterocycles. The summed E-state index contributed by atoms with van der Waals surface area (Å²) in [5.41, 5.74) is 5.28. The molecule has 19 atom stereocenters. The second-order valence-electron chi connectivity index (χ2n) is 28.3. The van der Waals surface area contributed by atoms with E-state index in [1.807, 2.05) is 24.3 Å². The summed E-state index contributed by atoms with van der Waals surface area (Å²) in [7, 11) is 0.380. The number of nitro benzene ring substituents is 2. The van der Waals surface area contributed by atoms with Gasteiger partial charge in [-0.25, -0.2) is 86.5 Å². The van der Waals surface area contributed by atoms with Gasteiger partial charge in [0.25, 0.3) is 11.4 Å². The van der Waals surface area contributed by atoms with E-state index in [4.69, 9.17) is 57.9 Å². The monoisotopic (exact) mass is 1750 g/mol. The Bertz CT molecular complexity index is 5500. The van der Waals surface area contributed by atoms with Gasteiger partial charge in [0.15, 0.2) is 78.7 Å². The number of nitrogens with zero attached hydrogens (tertiary/aromatic N) is 18. The average Bonchev–Trinajstić information content (AvgIpc) is 1.62. The Morgan fingerprint density at radius 3 is 1.22 bits per heavy atom. The number of allylic oxidation sites excluding steroid dienone is 4. The van der Waals surface area contributed by atoms with Crippen LogP contribution in [-0.2, 0) is 104 Å². The molecule has 622 valence electrons. The Balaban J connectivity index is 0.000000176. The van der Waals surface area contributed by atoms with Crippen molar-refractivity contribution < 1.29 is 92.8 Å². The minimum Gasteiger partial charge on any atom is -0.394 e. The van der Waals surface area contributed by atoms with Crippen LogP contribution in [0.2, 0.25) is 0 Å². The smallest absolute Gasteiger partial charge is 0.390 e. The lowest BCUT2D eigenvalue weighted by atomic mass is 10.1. The summed E-state index contributed by atoms with van der Waals surface area (Å²) in [6.07, 6.45) is -1.95. The second-order valence-corrected chi connectivity index (χ2v) is 43.0. The van der Waals surface area contributed by atoms with E-state index in [-0.39, 0.29) is 45.3 Å². The van der Waals surface area contributed by atoms with Crippen LogP contribution in [0.3, 0.4) is 0 Å². The molecule has 5 saturated heterocycles. The first-order valence-corrected chi connectivity index (χ1v) is 48.9. The van der Waals surface area contributed by atoms with Crippen molar-refractivity contribution >= 4 is 119 Å². The van der Waals surface area contributed by atoms with Crippen LogP contribution in [0.4, 0.5) is 28.9 Å². The van der Waals surface area contributed by atoms with Gasteiger partial charge >= 0.3 is 13.6 Å². The molecular formula is C70H78F4N18O18P4S3. The molecule has 10 aromatic rings. The van der Waals surface area contributed by atoms with Crippen LogP contribution in [0.1, 0.15) is 84.5 Å². The molecule has 3 unspecified atom stereocenters. The van der Waals surface area contributed by atoms with Gasteiger partial charge in [0.1, 0.15) is 96.2 Å². The molecule has 117 heavy (non-hydrogen) atoms. The highest BCUT2D eigenvalue weighted by atomic mass is 32.7. The molecule has 0 spiro atoms. The van der Waals surface area contributed by atoms with Crippen molar-refractivity contribution in [1.82, 2.24) is 78.1 Å².